The van der Waals surface area contributed by atoms with Crippen molar-refractivity contribution in [3.63, 3.8) is 0 Å². The fourth-order valence-corrected chi connectivity index (χ4v) is 2.65. The van der Waals surface area contributed by atoms with Crippen LogP contribution in [0, 0.1) is 0 Å². The third-order valence-corrected chi connectivity index (χ3v) is 3.61. The molecule has 0 atom stereocenters. The maximum absolute atomic E-state index is 11.5. The van der Waals surface area contributed by atoms with Gasteiger partial charge < -0.3 is 4.74 Å². The van der Waals surface area contributed by atoms with Gasteiger partial charge in [0.25, 0.3) is 0 Å². The van der Waals surface area contributed by atoms with E-state index < -0.39 is 5.60 Å². The highest BCUT2D eigenvalue weighted by Gasteiger charge is 2.16. The van der Waals surface area contributed by atoms with E-state index in [-0.39, 0.29) is 5.97 Å². The Hall–Kier alpha value is -0.380. The Kier molecular flexibility index (Phi) is 5.83. The number of thioether (sulfide) groups is 1. The van der Waals surface area contributed by atoms with Crippen molar-refractivity contribution in [3.8, 4) is 0 Å². The number of halogens is 2. The fourth-order valence-electron chi connectivity index (χ4n) is 1.22. The lowest BCUT2D eigenvalue weighted by Gasteiger charge is -2.19. The predicted molar refractivity (Wildman–Crippen MR) is 77.6 cm³/mol. The topological polar surface area (TPSA) is 26.3 Å². The molecule has 0 amide bonds. The van der Waals surface area contributed by atoms with Gasteiger partial charge in [-0.15, -0.1) is 11.8 Å². The Morgan fingerprint density at radius 2 is 2.00 bits per heavy atom. The molecule has 100 valence electrons. The van der Waals surface area contributed by atoms with Crippen molar-refractivity contribution in [3.05, 3.63) is 28.2 Å². The molecule has 1 aromatic rings. The van der Waals surface area contributed by atoms with Crippen molar-refractivity contribution in [1.29, 1.82) is 0 Å². The number of carbonyl (C=O) groups excluding carboxylic acids is 1. The molecule has 2 nitrogen and oxygen atoms in total. The summed E-state index contributed by atoms with van der Waals surface area (Å²) in [5, 5.41) is 1.28. The van der Waals surface area contributed by atoms with Crippen LogP contribution < -0.4 is 0 Å². The number of carbonyl (C=O) groups is 1. The molecule has 0 aliphatic carbocycles. The van der Waals surface area contributed by atoms with Gasteiger partial charge in [-0.05, 0) is 39.0 Å². The summed E-state index contributed by atoms with van der Waals surface area (Å²) in [5.74, 6) is 0.419. The van der Waals surface area contributed by atoms with Gasteiger partial charge in [0.15, 0.2) is 0 Å². The minimum Gasteiger partial charge on any atom is -0.460 e. The SMILES string of the molecule is CC(C)(C)OC(=O)CCSc1cc(Cl)ccc1Cl. The van der Waals surface area contributed by atoms with Crippen molar-refractivity contribution in [2.45, 2.75) is 37.7 Å². The summed E-state index contributed by atoms with van der Waals surface area (Å²) in [6.07, 6.45) is 0.352. The molecule has 0 aliphatic heterocycles. The van der Waals surface area contributed by atoms with Crippen molar-refractivity contribution in [2.75, 3.05) is 5.75 Å². The molecule has 0 saturated carbocycles. The van der Waals surface area contributed by atoms with Gasteiger partial charge in [0.05, 0.1) is 11.4 Å². The molecule has 1 aromatic carbocycles. The first-order valence-corrected chi connectivity index (χ1v) is 7.32. The molecule has 0 radical (unpaired) electrons. The van der Waals surface area contributed by atoms with Crippen molar-refractivity contribution in [2.24, 2.45) is 0 Å². The third kappa shape index (κ3) is 5.98. The predicted octanol–water partition coefficient (Wildman–Crippen LogP) is 4.82. The molecular formula is C13H16Cl2O2S. The van der Waals surface area contributed by atoms with Crippen LogP contribution >= 0.6 is 35.0 Å². The van der Waals surface area contributed by atoms with Crippen LogP contribution in [0.1, 0.15) is 27.2 Å². The molecule has 0 aromatic heterocycles. The van der Waals surface area contributed by atoms with Gasteiger partial charge in [-0.3, -0.25) is 4.79 Å². The molecule has 0 spiro atoms. The second-order valence-corrected chi connectivity index (χ2v) is 6.74. The molecule has 0 saturated heterocycles. The second kappa shape index (κ2) is 6.69. The number of hydrogen-bond donors (Lipinski definition) is 0. The van der Waals surface area contributed by atoms with Crippen LogP contribution in [0.3, 0.4) is 0 Å². The first-order valence-electron chi connectivity index (χ1n) is 5.57. The maximum Gasteiger partial charge on any atom is 0.307 e. The van der Waals surface area contributed by atoms with E-state index >= 15 is 0 Å². The number of benzene rings is 1. The Bertz CT molecular complexity index is 427. The fraction of sp³-hybridized carbons (Fsp3) is 0.462. The summed E-state index contributed by atoms with van der Waals surface area (Å²) >= 11 is 13.4. The third-order valence-electron chi connectivity index (χ3n) is 1.88. The lowest BCUT2D eigenvalue weighted by Crippen LogP contribution is -2.23. The van der Waals surface area contributed by atoms with E-state index in [1.165, 1.54) is 11.8 Å². The Morgan fingerprint density at radius 3 is 2.61 bits per heavy atom. The highest BCUT2D eigenvalue weighted by Crippen LogP contribution is 2.30. The quantitative estimate of drug-likeness (QED) is 0.589. The van der Waals surface area contributed by atoms with Gasteiger partial charge in [0, 0.05) is 15.7 Å². The van der Waals surface area contributed by atoms with Crippen LogP contribution in [0.5, 0.6) is 0 Å². The minimum absolute atomic E-state index is 0.201. The number of rotatable bonds is 4. The number of hydrogen-bond acceptors (Lipinski definition) is 3. The van der Waals surface area contributed by atoms with E-state index in [1.54, 1.807) is 18.2 Å². The Balaban J connectivity index is 2.42. The van der Waals surface area contributed by atoms with Gasteiger partial charge in [-0.1, -0.05) is 23.2 Å². The highest BCUT2D eigenvalue weighted by atomic mass is 35.5. The first-order chi connectivity index (χ1) is 8.28. The molecule has 0 unspecified atom stereocenters. The average molecular weight is 307 g/mol. The highest BCUT2D eigenvalue weighted by molar-refractivity contribution is 7.99. The monoisotopic (exact) mass is 306 g/mol. The van der Waals surface area contributed by atoms with E-state index in [9.17, 15) is 4.79 Å². The van der Waals surface area contributed by atoms with Gasteiger partial charge in [-0.25, -0.2) is 0 Å². The van der Waals surface area contributed by atoms with Crippen LogP contribution in [0.15, 0.2) is 23.1 Å². The lowest BCUT2D eigenvalue weighted by atomic mass is 10.2. The first kappa shape index (κ1) is 15.7. The number of esters is 1. The summed E-state index contributed by atoms with van der Waals surface area (Å²) < 4.78 is 5.22. The molecule has 0 aliphatic rings. The molecule has 0 bridgehead atoms. The zero-order chi connectivity index (χ0) is 13.8. The molecule has 5 heteroatoms. The van der Waals surface area contributed by atoms with E-state index in [2.05, 4.69) is 0 Å². The Labute approximate surface area is 122 Å². The lowest BCUT2D eigenvalue weighted by molar-refractivity contribution is -0.154. The summed E-state index contributed by atoms with van der Waals surface area (Å²) in [6, 6.07) is 5.28. The van der Waals surface area contributed by atoms with Gasteiger partial charge in [-0.2, -0.15) is 0 Å². The standard InChI is InChI=1S/C13H16Cl2O2S/c1-13(2,3)17-12(16)6-7-18-11-8-9(14)4-5-10(11)15/h4-5,8H,6-7H2,1-3H3. The van der Waals surface area contributed by atoms with Crippen LogP contribution in [-0.2, 0) is 9.53 Å². The molecule has 0 fully saturated rings. The van der Waals surface area contributed by atoms with Crippen molar-refractivity contribution >= 4 is 40.9 Å². The summed E-state index contributed by atoms with van der Waals surface area (Å²) in [5.41, 5.74) is -0.435. The zero-order valence-corrected chi connectivity index (χ0v) is 13.0. The van der Waals surface area contributed by atoms with E-state index in [0.717, 1.165) is 4.90 Å². The molecule has 0 N–H and O–H groups in total. The molecule has 1 rings (SSSR count). The van der Waals surface area contributed by atoms with Crippen LogP contribution in [0.4, 0.5) is 0 Å². The summed E-state index contributed by atoms with van der Waals surface area (Å²) in [6.45, 7) is 5.56. The van der Waals surface area contributed by atoms with E-state index in [0.29, 0.717) is 22.2 Å². The number of ether oxygens (including phenoxy) is 1. The van der Waals surface area contributed by atoms with Crippen molar-refractivity contribution in [1.82, 2.24) is 0 Å². The van der Waals surface area contributed by atoms with E-state index in [1.807, 2.05) is 20.8 Å². The van der Waals surface area contributed by atoms with Crippen LogP contribution in [0.2, 0.25) is 10.0 Å². The van der Waals surface area contributed by atoms with Crippen molar-refractivity contribution < 1.29 is 9.53 Å². The summed E-state index contributed by atoms with van der Waals surface area (Å²) in [7, 11) is 0. The Morgan fingerprint density at radius 1 is 1.33 bits per heavy atom. The largest absolute Gasteiger partial charge is 0.460 e. The molecular weight excluding hydrogens is 291 g/mol. The van der Waals surface area contributed by atoms with Gasteiger partial charge >= 0.3 is 5.97 Å². The smallest absolute Gasteiger partial charge is 0.307 e. The minimum atomic E-state index is -0.435. The average Bonchev–Trinajstić information content (AvgIpc) is 2.20. The second-order valence-electron chi connectivity index (χ2n) is 4.76. The maximum atomic E-state index is 11.5. The molecule has 18 heavy (non-hydrogen) atoms. The van der Waals surface area contributed by atoms with Gasteiger partial charge in [0.2, 0.25) is 0 Å². The normalized spacial score (nSPS) is 11.4. The van der Waals surface area contributed by atoms with E-state index in [4.69, 9.17) is 27.9 Å². The van der Waals surface area contributed by atoms with Crippen LogP contribution in [-0.4, -0.2) is 17.3 Å². The summed E-state index contributed by atoms with van der Waals surface area (Å²) in [4.78, 5) is 12.4. The van der Waals surface area contributed by atoms with Crippen LogP contribution in [0.25, 0.3) is 0 Å². The van der Waals surface area contributed by atoms with Gasteiger partial charge in [0.1, 0.15) is 5.60 Å². The molecule has 0 heterocycles. The zero-order valence-electron chi connectivity index (χ0n) is 10.6.